The minimum absolute atomic E-state index is 0.0970. The predicted octanol–water partition coefficient (Wildman–Crippen LogP) is 2.92. The maximum absolute atomic E-state index is 12.2. The zero-order valence-electron chi connectivity index (χ0n) is 12.9. The fourth-order valence-electron chi connectivity index (χ4n) is 3.35. The van der Waals surface area contributed by atoms with Gasteiger partial charge < -0.3 is 5.32 Å². The van der Waals surface area contributed by atoms with Gasteiger partial charge in [-0.1, -0.05) is 19.8 Å². The summed E-state index contributed by atoms with van der Waals surface area (Å²) in [5, 5.41) is 3.83. The lowest BCUT2D eigenvalue weighted by Crippen LogP contribution is -2.51. The first-order chi connectivity index (χ1) is 10.6. The molecule has 6 heteroatoms. The number of aryl methyl sites for hydroxylation is 2. The number of nitrogens with one attached hydrogen (secondary N) is 3. The summed E-state index contributed by atoms with van der Waals surface area (Å²) in [6.45, 7) is 2.26. The Hall–Kier alpha value is -1.14. The maximum atomic E-state index is 12.2. The highest BCUT2D eigenvalue weighted by Crippen LogP contribution is 2.30. The molecule has 0 aliphatic heterocycles. The molecule has 0 unspecified atom stereocenters. The lowest BCUT2D eigenvalue weighted by molar-refractivity contribution is 0.0947. The van der Waals surface area contributed by atoms with E-state index in [0.717, 1.165) is 24.1 Å². The number of hydrogen-bond acceptors (Lipinski definition) is 3. The molecule has 2 atom stereocenters. The van der Waals surface area contributed by atoms with Crippen molar-refractivity contribution in [3.63, 3.8) is 0 Å². The molecular weight excluding hydrogens is 314 g/mol. The van der Waals surface area contributed by atoms with Gasteiger partial charge in [0.2, 0.25) is 0 Å². The van der Waals surface area contributed by atoms with E-state index in [4.69, 9.17) is 12.2 Å². The quantitative estimate of drug-likeness (QED) is 0.574. The fourth-order valence-corrected chi connectivity index (χ4v) is 4.70. The Morgan fingerprint density at radius 3 is 2.82 bits per heavy atom. The summed E-state index contributed by atoms with van der Waals surface area (Å²) in [7, 11) is 0. The van der Waals surface area contributed by atoms with E-state index in [2.05, 4.69) is 23.1 Å². The average molecular weight is 338 g/mol. The maximum Gasteiger partial charge on any atom is 0.279 e. The second-order valence-corrected chi connectivity index (χ2v) is 7.88. The Morgan fingerprint density at radius 1 is 1.23 bits per heavy atom. The molecule has 1 aromatic rings. The Morgan fingerprint density at radius 2 is 2.05 bits per heavy atom. The van der Waals surface area contributed by atoms with E-state index >= 15 is 0 Å². The van der Waals surface area contributed by atoms with E-state index in [-0.39, 0.29) is 5.91 Å². The normalized spacial score (nSPS) is 23.7. The van der Waals surface area contributed by atoms with Crippen LogP contribution in [0.25, 0.3) is 0 Å². The number of fused-ring (bicyclic) bond motifs is 1. The van der Waals surface area contributed by atoms with Gasteiger partial charge in [-0.05, 0) is 61.9 Å². The number of carbonyl (C=O) groups excluding carboxylic acids is 1. The number of rotatable bonds is 2. The van der Waals surface area contributed by atoms with Crippen LogP contribution >= 0.6 is 23.6 Å². The molecule has 4 nitrogen and oxygen atoms in total. The van der Waals surface area contributed by atoms with Crippen molar-refractivity contribution in [2.75, 3.05) is 0 Å². The summed E-state index contributed by atoms with van der Waals surface area (Å²) in [5.74, 6) is 0.532. The Bertz CT molecular complexity index is 548. The van der Waals surface area contributed by atoms with E-state index in [9.17, 15) is 4.79 Å². The van der Waals surface area contributed by atoms with Gasteiger partial charge in [0.25, 0.3) is 5.91 Å². The number of carbonyl (C=O) groups is 1. The van der Waals surface area contributed by atoms with Gasteiger partial charge in [-0.3, -0.25) is 15.6 Å². The summed E-state index contributed by atoms with van der Waals surface area (Å²) in [4.78, 5) is 14.3. The minimum Gasteiger partial charge on any atom is -0.358 e. The van der Waals surface area contributed by atoms with Crippen molar-refractivity contribution >= 4 is 34.6 Å². The minimum atomic E-state index is -0.0970. The van der Waals surface area contributed by atoms with Crippen molar-refractivity contribution < 1.29 is 4.79 Å². The van der Waals surface area contributed by atoms with E-state index in [0.29, 0.717) is 17.1 Å². The standard InChI is InChI=1S/C16H23N3OS2/c1-10-5-2-3-7-12(10)17-16(21)19-18-15(20)14-9-11-6-4-8-13(11)22-14/h9-10,12H,2-8H2,1H3,(H,18,20)(H2,17,19,21)/t10-,12-/m1/s1. The lowest BCUT2D eigenvalue weighted by atomic mass is 9.86. The molecule has 0 bridgehead atoms. The molecule has 0 saturated heterocycles. The molecule has 1 heterocycles. The molecule has 3 N–H and O–H groups in total. The summed E-state index contributed by atoms with van der Waals surface area (Å²) in [5.41, 5.74) is 6.89. The highest BCUT2D eigenvalue weighted by molar-refractivity contribution is 7.80. The lowest BCUT2D eigenvalue weighted by Gasteiger charge is -2.30. The SMILES string of the molecule is C[C@@H]1CCCC[C@H]1NC(=S)NNC(=O)c1cc2c(s1)CCC2. The van der Waals surface area contributed by atoms with Crippen LogP contribution in [0.4, 0.5) is 0 Å². The second kappa shape index (κ2) is 6.96. The number of thiophene rings is 1. The Labute approximate surface area is 141 Å². The first-order valence-corrected chi connectivity index (χ1v) is 9.34. The zero-order valence-corrected chi connectivity index (χ0v) is 14.5. The molecule has 1 amide bonds. The molecule has 2 aliphatic carbocycles. The Kier molecular flexibility index (Phi) is 4.98. The number of amides is 1. The summed E-state index contributed by atoms with van der Waals surface area (Å²) >= 11 is 6.89. The van der Waals surface area contributed by atoms with Crippen LogP contribution in [-0.4, -0.2) is 17.1 Å². The average Bonchev–Trinajstić information content (AvgIpc) is 3.08. The topological polar surface area (TPSA) is 53.2 Å². The molecule has 0 spiro atoms. The first-order valence-electron chi connectivity index (χ1n) is 8.12. The summed E-state index contributed by atoms with van der Waals surface area (Å²) in [6, 6.07) is 2.43. The number of thiocarbonyl (C=S) groups is 1. The van der Waals surface area contributed by atoms with Gasteiger partial charge in [0.1, 0.15) is 0 Å². The van der Waals surface area contributed by atoms with Gasteiger partial charge >= 0.3 is 0 Å². The van der Waals surface area contributed by atoms with Crippen molar-refractivity contribution in [2.24, 2.45) is 5.92 Å². The van der Waals surface area contributed by atoms with Crippen LogP contribution in [0, 0.1) is 5.92 Å². The van der Waals surface area contributed by atoms with Gasteiger partial charge in [-0.2, -0.15) is 0 Å². The van der Waals surface area contributed by atoms with Crippen LogP contribution < -0.4 is 16.2 Å². The van der Waals surface area contributed by atoms with Gasteiger partial charge in [-0.15, -0.1) is 11.3 Å². The number of hydrogen-bond donors (Lipinski definition) is 3. The summed E-state index contributed by atoms with van der Waals surface area (Å²) in [6.07, 6.45) is 8.38. The van der Waals surface area contributed by atoms with Gasteiger partial charge in [-0.25, -0.2) is 0 Å². The van der Waals surface area contributed by atoms with Crippen molar-refractivity contribution in [1.29, 1.82) is 0 Å². The van der Waals surface area contributed by atoms with E-state index in [1.165, 1.54) is 36.1 Å². The van der Waals surface area contributed by atoms with E-state index < -0.39 is 0 Å². The molecule has 2 aliphatic rings. The largest absolute Gasteiger partial charge is 0.358 e. The highest BCUT2D eigenvalue weighted by Gasteiger charge is 2.22. The van der Waals surface area contributed by atoms with Crippen LogP contribution in [-0.2, 0) is 12.8 Å². The fraction of sp³-hybridized carbons (Fsp3) is 0.625. The smallest absolute Gasteiger partial charge is 0.279 e. The van der Waals surface area contributed by atoms with Crippen LogP contribution in [0.3, 0.4) is 0 Å². The van der Waals surface area contributed by atoms with Crippen LogP contribution in [0.2, 0.25) is 0 Å². The summed E-state index contributed by atoms with van der Waals surface area (Å²) < 4.78 is 0. The van der Waals surface area contributed by atoms with Crippen molar-refractivity contribution in [1.82, 2.24) is 16.2 Å². The van der Waals surface area contributed by atoms with Gasteiger partial charge in [0.05, 0.1) is 4.88 Å². The molecule has 0 radical (unpaired) electrons. The van der Waals surface area contributed by atoms with Gasteiger partial charge in [0, 0.05) is 10.9 Å². The second-order valence-electron chi connectivity index (χ2n) is 6.33. The molecule has 120 valence electrons. The van der Waals surface area contributed by atoms with Crippen molar-refractivity contribution in [3.8, 4) is 0 Å². The number of hydrazine groups is 1. The highest BCUT2D eigenvalue weighted by atomic mass is 32.1. The van der Waals surface area contributed by atoms with E-state index in [1.54, 1.807) is 11.3 Å². The monoisotopic (exact) mass is 337 g/mol. The van der Waals surface area contributed by atoms with Crippen LogP contribution in [0.1, 0.15) is 59.1 Å². The van der Waals surface area contributed by atoms with Crippen molar-refractivity contribution in [2.45, 2.75) is 57.9 Å². The third-order valence-electron chi connectivity index (χ3n) is 4.69. The van der Waals surface area contributed by atoms with Crippen molar-refractivity contribution in [3.05, 3.63) is 21.4 Å². The van der Waals surface area contributed by atoms with Crippen LogP contribution in [0.5, 0.6) is 0 Å². The zero-order chi connectivity index (χ0) is 15.5. The first kappa shape index (κ1) is 15.7. The third kappa shape index (κ3) is 3.60. The molecule has 1 fully saturated rings. The molecule has 1 aromatic heterocycles. The molecular formula is C16H23N3OS2. The molecule has 1 saturated carbocycles. The molecule has 22 heavy (non-hydrogen) atoms. The molecule has 3 rings (SSSR count). The van der Waals surface area contributed by atoms with Crippen LogP contribution in [0.15, 0.2) is 6.07 Å². The third-order valence-corrected chi connectivity index (χ3v) is 6.14. The van der Waals surface area contributed by atoms with Gasteiger partial charge in [0.15, 0.2) is 5.11 Å². The predicted molar refractivity (Wildman–Crippen MR) is 94.1 cm³/mol. The van der Waals surface area contributed by atoms with E-state index in [1.807, 2.05) is 6.07 Å². The Balaban J connectivity index is 1.46. The molecule has 0 aromatic carbocycles.